The molecule has 2 amide bonds. The number of benzene rings is 2. The molecule has 2 atom stereocenters. The van der Waals surface area contributed by atoms with E-state index in [4.69, 9.17) is 16.6 Å². The molecule has 2 N–H and O–H groups in total. The van der Waals surface area contributed by atoms with Crippen LogP contribution in [0.5, 0.6) is 0 Å². The van der Waals surface area contributed by atoms with Gasteiger partial charge in [0.15, 0.2) is 0 Å². The van der Waals surface area contributed by atoms with E-state index < -0.39 is 5.82 Å². The van der Waals surface area contributed by atoms with E-state index in [9.17, 15) is 14.0 Å². The standard InChI is InChI=1S/C27H30ClFN4O2/c1-16-10-17(2)15-33(14-16)25-11-18(3)21-13-20(5-7-23(21)31-25)30-26(34)8-9-27(35)32-24-6-4-19(29)12-22(24)28/h4-7,11-13,16-17H,8-10,14-15H2,1-3H3,(H,30,34)(H,32,35)/t16-,17-/m1/s1. The molecule has 6 nitrogen and oxygen atoms in total. The number of nitrogens with zero attached hydrogens (tertiary/aromatic N) is 2. The maximum Gasteiger partial charge on any atom is 0.224 e. The number of pyridine rings is 1. The molecular formula is C27H30ClFN4O2. The average Bonchev–Trinajstić information content (AvgIpc) is 2.79. The Morgan fingerprint density at radius 1 is 1.03 bits per heavy atom. The van der Waals surface area contributed by atoms with Crippen LogP contribution in [0.25, 0.3) is 10.9 Å². The second-order valence-corrected chi connectivity index (χ2v) is 10.0. The van der Waals surface area contributed by atoms with E-state index in [0.29, 0.717) is 23.2 Å². The van der Waals surface area contributed by atoms with Crippen LogP contribution in [-0.4, -0.2) is 29.9 Å². The third-order valence-corrected chi connectivity index (χ3v) is 6.58. The van der Waals surface area contributed by atoms with E-state index in [2.05, 4.69) is 42.4 Å². The first-order chi connectivity index (χ1) is 16.7. The molecule has 1 aliphatic rings. The largest absolute Gasteiger partial charge is 0.356 e. The number of piperidine rings is 1. The zero-order chi connectivity index (χ0) is 25.1. The topological polar surface area (TPSA) is 74.3 Å². The molecule has 184 valence electrons. The zero-order valence-electron chi connectivity index (χ0n) is 20.2. The minimum Gasteiger partial charge on any atom is -0.356 e. The van der Waals surface area contributed by atoms with Gasteiger partial charge in [-0.3, -0.25) is 9.59 Å². The van der Waals surface area contributed by atoms with Gasteiger partial charge in [-0.15, -0.1) is 0 Å². The molecular weight excluding hydrogens is 467 g/mol. The van der Waals surface area contributed by atoms with Gasteiger partial charge in [0.25, 0.3) is 0 Å². The SMILES string of the molecule is Cc1cc(N2C[C@H](C)C[C@@H](C)C2)nc2ccc(NC(=O)CCC(=O)Nc3ccc(F)cc3Cl)cc12. The van der Waals surface area contributed by atoms with Crippen LogP contribution in [0.2, 0.25) is 5.02 Å². The summed E-state index contributed by atoms with van der Waals surface area (Å²) in [4.78, 5) is 31.9. The fraction of sp³-hybridized carbons (Fsp3) is 0.370. The Morgan fingerprint density at radius 3 is 2.40 bits per heavy atom. The Labute approximate surface area is 209 Å². The third kappa shape index (κ3) is 6.28. The number of aryl methyl sites for hydroxylation is 1. The number of rotatable bonds is 6. The van der Waals surface area contributed by atoms with Crippen LogP contribution >= 0.6 is 11.6 Å². The van der Waals surface area contributed by atoms with Gasteiger partial charge < -0.3 is 15.5 Å². The van der Waals surface area contributed by atoms with E-state index in [1.54, 1.807) is 0 Å². The number of carbonyl (C=O) groups is 2. The first kappa shape index (κ1) is 24.9. The fourth-order valence-electron chi connectivity index (χ4n) is 4.72. The molecule has 0 aliphatic carbocycles. The van der Waals surface area contributed by atoms with Crippen molar-refractivity contribution >= 4 is 51.5 Å². The van der Waals surface area contributed by atoms with Gasteiger partial charge in [0.05, 0.1) is 16.2 Å². The van der Waals surface area contributed by atoms with Crippen LogP contribution in [0, 0.1) is 24.6 Å². The number of nitrogens with one attached hydrogen (secondary N) is 2. The highest BCUT2D eigenvalue weighted by Crippen LogP contribution is 2.29. The van der Waals surface area contributed by atoms with Crippen LogP contribution in [0.15, 0.2) is 42.5 Å². The van der Waals surface area contributed by atoms with Crippen molar-refractivity contribution in [3.8, 4) is 0 Å². The predicted molar refractivity (Wildman–Crippen MR) is 140 cm³/mol. The molecule has 0 bridgehead atoms. The molecule has 0 radical (unpaired) electrons. The molecule has 2 aromatic carbocycles. The van der Waals surface area contributed by atoms with Crippen molar-refractivity contribution < 1.29 is 14.0 Å². The van der Waals surface area contributed by atoms with Gasteiger partial charge in [-0.25, -0.2) is 9.37 Å². The normalized spacial score (nSPS) is 17.9. The first-order valence-electron chi connectivity index (χ1n) is 11.9. The zero-order valence-corrected chi connectivity index (χ0v) is 21.0. The van der Waals surface area contributed by atoms with Crippen LogP contribution < -0.4 is 15.5 Å². The maximum atomic E-state index is 13.1. The quantitative estimate of drug-likeness (QED) is 0.427. The highest BCUT2D eigenvalue weighted by atomic mass is 35.5. The lowest BCUT2D eigenvalue weighted by Gasteiger charge is -2.36. The van der Waals surface area contributed by atoms with Crippen LogP contribution in [-0.2, 0) is 9.59 Å². The van der Waals surface area contributed by atoms with Crippen molar-refractivity contribution in [2.45, 2.75) is 40.0 Å². The van der Waals surface area contributed by atoms with Crippen LogP contribution in [0.1, 0.15) is 38.7 Å². The van der Waals surface area contributed by atoms with Crippen molar-refractivity contribution in [2.24, 2.45) is 11.8 Å². The molecule has 8 heteroatoms. The van der Waals surface area contributed by atoms with Gasteiger partial charge >= 0.3 is 0 Å². The Morgan fingerprint density at radius 2 is 1.71 bits per heavy atom. The number of carbonyl (C=O) groups excluding carboxylic acids is 2. The van der Waals surface area contributed by atoms with Gasteiger partial charge in [-0.2, -0.15) is 0 Å². The minimum absolute atomic E-state index is 0.00415. The molecule has 1 aliphatic heterocycles. The van der Waals surface area contributed by atoms with E-state index in [1.807, 2.05) is 18.2 Å². The van der Waals surface area contributed by atoms with Gasteiger partial charge in [0.2, 0.25) is 11.8 Å². The molecule has 2 heterocycles. The molecule has 1 fully saturated rings. The Bertz CT molecular complexity index is 1260. The summed E-state index contributed by atoms with van der Waals surface area (Å²) >= 11 is 5.93. The smallest absolute Gasteiger partial charge is 0.224 e. The Kier molecular flexibility index (Phi) is 7.55. The minimum atomic E-state index is -0.486. The molecule has 0 unspecified atom stereocenters. The number of hydrogen-bond acceptors (Lipinski definition) is 4. The molecule has 0 saturated carbocycles. The third-order valence-electron chi connectivity index (χ3n) is 6.26. The number of fused-ring (bicyclic) bond motifs is 1. The lowest BCUT2D eigenvalue weighted by Crippen LogP contribution is -2.39. The van der Waals surface area contributed by atoms with Crippen molar-refractivity contribution in [1.82, 2.24) is 4.98 Å². The predicted octanol–water partition coefficient (Wildman–Crippen LogP) is 6.18. The summed E-state index contributed by atoms with van der Waals surface area (Å²) in [6, 6.07) is 11.5. The molecule has 0 spiro atoms. The average molecular weight is 497 g/mol. The second-order valence-electron chi connectivity index (χ2n) is 9.60. The van der Waals surface area contributed by atoms with Crippen molar-refractivity contribution in [3.05, 3.63) is 58.9 Å². The van der Waals surface area contributed by atoms with E-state index in [1.165, 1.54) is 18.6 Å². The van der Waals surface area contributed by atoms with Crippen molar-refractivity contribution in [2.75, 3.05) is 28.6 Å². The van der Waals surface area contributed by atoms with Gasteiger partial charge in [0, 0.05) is 37.0 Å². The molecule has 35 heavy (non-hydrogen) atoms. The number of hydrogen-bond donors (Lipinski definition) is 2. The summed E-state index contributed by atoms with van der Waals surface area (Å²) in [6.45, 7) is 8.65. The summed E-state index contributed by atoms with van der Waals surface area (Å²) < 4.78 is 13.1. The number of aromatic nitrogens is 1. The summed E-state index contributed by atoms with van der Waals surface area (Å²) in [5, 5.41) is 6.54. The van der Waals surface area contributed by atoms with Crippen molar-refractivity contribution in [3.63, 3.8) is 0 Å². The Balaban J connectivity index is 1.37. The van der Waals surface area contributed by atoms with E-state index >= 15 is 0 Å². The molecule has 3 aromatic rings. The highest BCUT2D eigenvalue weighted by Gasteiger charge is 2.23. The lowest BCUT2D eigenvalue weighted by atomic mass is 9.92. The summed E-state index contributed by atoms with van der Waals surface area (Å²) in [6.07, 6.45) is 1.22. The van der Waals surface area contributed by atoms with E-state index in [0.717, 1.165) is 41.4 Å². The fourth-order valence-corrected chi connectivity index (χ4v) is 4.93. The first-order valence-corrected chi connectivity index (χ1v) is 12.3. The summed E-state index contributed by atoms with van der Waals surface area (Å²) in [7, 11) is 0. The van der Waals surface area contributed by atoms with E-state index in [-0.39, 0.29) is 29.7 Å². The number of amides is 2. The maximum absolute atomic E-state index is 13.1. The summed E-state index contributed by atoms with van der Waals surface area (Å²) in [5.41, 5.74) is 2.95. The lowest BCUT2D eigenvalue weighted by molar-refractivity contribution is -0.121. The number of anilines is 3. The van der Waals surface area contributed by atoms with Crippen LogP contribution in [0.4, 0.5) is 21.6 Å². The monoisotopic (exact) mass is 496 g/mol. The molecule has 4 rings (SSSR count). The van der Waals surface area contributed by atoms with Gasteiger partial charge in [-0.05, 0) is 73.2 Å². The molecule has 1 saturated heterocycles. The molecule has 1 aromatic heterocycles. The second kappa shape index (κ2) is 10.6. The number of halogens is 2. The van der Waals surface area contributed by atoms with Gasteiger partial charge in [0.1, 0.15) is 11.6 Å². The van der Waals surface area contributed by atoms with Crippen molar-refractivity contribution in [1.29, 1.82) is 0 Å². The summed E-state index contributed by atoms with van der Waals surface area (Å²) in [5.74, 6) is 1.15. The van der Waals surface area contributed by atoms with Crippen LogP contribution in [0.3, 0.4) is 0 Å². The van der Waals surface area contributed by atoms with Gasteiger partial charge in [-0.1, -0.05) is 25.4 Å². The Hall–Kier alpha value is -3.19. The highest BCUT2D eigenvalue weighted by molar-refractivity contribution is 6.33.